The van der Waals surface area contributed by atoms with E-state index in [1.54, 1.807) is 31.2 Å². The van der Waals surface area contributed by atoms with Crippen molar-refractivity contribution in [1.29, 1.82) is 0 Å². The second kappa shape index (κ2) is 7.96. The Morgan fingerprint density at radius 2 is 2.07 bits per heavy atom. The molecule has 0 aliphatic carbocycles. The van der Waals surface area contributed by atoms with Crippen molar-refractivity contribution in [3.8, 4) is 0 Å². The number of rotatable bonds is 5. The second-order valence-electron chi connectivity index (χ2n) is 5.57. The third kappa shape index (κ3) is 4.29. The summed E-state index contributed by atoms with van der Waals surface area (Å²) in [5.41, 5.74) is 0.808. The number of para-hydroxylation sites is 1. The molecule has 1 aromatic carbocycles. The molecule has 0 spiro atoms. The molecule has 3 amide bonds. The molecule has 10 heteroatoms. The summed E-state index contributed by atoms with van der Waals surface area (Å²) >= 11 is 1.06. The summed E-state index contributed by atoms with van der Waals surface area (Å²) in [4.78, 5) is 52.3. The number of esters is 1. The van der Waals surface area contributed by atoms with E-state index in [1.807, 2.05) is 0 Å². The first-order chi connectivity index (χ1) is 13.0. The molecule has 0 bridgehead atoms. The van der Waals surface area contributed by atoms with E-state index in [1.165, 1.54) is 5.38 Å². The van der Waals surface area contributed by atoms with Gasteiger partial charge in [0.1, 0.15) is 6.04 Å². The fraction of sp³-hybridized carbons (Fsp3) is 0.235. The number of nitrogens with zero attached hydrogens (tertiary/aromatic N) is 1. The number of fused-ring (bicyclic) bond motifs is 1. The summed E-state index contributed by atoms with van der Waals surface area (Å²) in [6.45, 7) is 1.90. The molecule has 9 nitrogen and oxygen atoms in total. The lowest BCUT2D eigenvalue weighted by molar-refractivity contribution is -0.122. The largest absolute Gasteiger partial charge is 0.461 e. The molecule has 1 aliphatic rings. The first-order valence-electron chi connectivity index (χ1n) is 8.11. The smallest absolute Gasteiger partial charge is 0.357 e. The summed E-state index contributed by atoms with van der Waals surface area (Å²) in [6, 6.07) is 5.54. The number of hydrogen-bond donors (Lipinski definition) is 3. The summed E-state index contributed by atoms with van der Waals surface area (Å²) < 4.78 is 4.83. The molecule has 1 atom stereocenters. The zero-order chi connectivity index (χ0) is 19.4. The van der Waals surface area contributed by atoms with Crippen LogP contribution >= 0.6 is 11.3 Å². The van der Waals surface area contributed by atoms with E-state index in [0.717, 1.165) is 11.3 Å². The number of carbonyl (C=O) groups is 4. The minimum atomic E-state index is -1.03. The van der Waals surface area contributed by atoms with Crippen molar-refractivity contribution in [2.24, 2.45) is 0 Å². The summed E-state index contributed by atoms with van der Waals surface area (Å²) in [7, 11) is 0. The van der Waals surface area contributed by atoms with Crippen molar-refractivity contribution < 1.29 is 23.9 Å². The van der Waals surface area contributed by atoms with Crippen LogP contribution in [0.15, 0.2) is 29.6 Å². The van der Waals surface area contributed by atoms with E-state index in [9.17, 15) is 19.2 Å². The van der Waals surface area contributed by atoms with Gasteiger partial charge in [-0.25, -0.2) is 9.78 Å². The molecule has 2 aromatic rings. The maximum absolute atomic E-state index is 12.3. The number of nitrogens with one attached hydrogen (secondary N) is 3. The normalized spacial score (nSPS) is 15.8. The van der Waals surface area contributed by atoms with Gasteiger partial charge in [0.2, 0.25) is 11.8 Å². The maximum Gasteiger partial charge on any atom is 0.357 e. The molecule has 0 radical (unpaired) electrons. The predicted molar refractivity (Wildman–Crippen MR) is 97.6 cm³/mol. The van der Waals surface area contributed by atoms with Crippen LogP contribution in [-0.2, 0) is 14.3 Å². The van der Waals surface area contributed by atoms with Crippen LogP contribution < -0.4 is 16.0 Å². The number of thiazole rings is 1. The van der Waals surface area contributed by atoms with Crippen LogP contribution in [0, 0.1) is 0 Å². The van der Waals surface area contributed by atoms with Gasteiger partial charge in [-0.3, -0.25) is 14.4 Å². The Morgan fingerprint density at radius 1 is 1.30 bits per heavy atom. The molecule has 0 fully saturated rings. The van der Waals surface area contributed by atoms with Crippen molar-refractivity contribution >= 4 is 45.8 Å². The van der Waals surface area contributed by atoms with Crippen molar-refractivity contribution in [3.05, 3.63) is 40.9 Å². The zero-order valence-corrected chi connectivity index (χ0v) is 15.1. The molecule has 0 saturated carbocycles. The number of benzene rings is 1. The van der Waals surface area contributed by atoms with Crippen LogP contribution in [0.4, 0.5) is 10.8 Å². The minimum absolute atomic E-state index is 0.0908. The highest BCUT2D eigenvalue weighted by Gasteiger charge is 2.29. The third-order valence-electron chi connectivity index (χ3n) is 3.68. The quantitative estimate of drug-likeness (QED) is 0.665. The third-order valence-corrected chi connectivity index (χ3v) is 4.43. The Kier molecular flexibility index (Phi) is 5.46. The molecule has 0 saturated heterocycles. The molecule has 3 N–H and O–H groups in total. The van der Waals surface area contributed by atoms with Crippen LogP contribution in [0.2, 0.25) is 0 Å². The average molecular weight is 388 g/mol. The topological polar surface area (TPSA) is 126 Å². The molecular weight excluding hydrogens is 372 g/mol. The number of amides is 3. The fourth-order valence-corrected chi connectivity index (χ4v) is 3.14. The minimum Gasteiger partial charge on any atom is -0.461 e. The molecule has 1 aromatic heterocycles. The number of carbonyl (C=O) groups excluding carboxylic acids is 4. The van der Waals surface area contributed by atoms with Gasteiger partial charge in [-0.2, -0.15) is 0 Å². The summed E-state index contributed by atoms with van der Waals surface area (Å²) in [6.07, 6.45) is -0.278. The Hall–Kier alpha value is -3.27. The number of aromatic nitrogens is 1. The fourth-order valence-electron chi connectivity index (χ4n) is 2.44. The Labute approximate surface area is 158 Å². The number of anilines is 2. The van der Waals surface area contributed by atoms with Crippen molar-refractivity contribution in [2.75, 3.05) is 17.2 Å². The van der Waals surface area contributed by atoms with Crippen LogP contribution in [0.25, 0.3) is 0 Å². The predicted octanol–water partition coefficient (Wildman–Crippen LogP) is 1.40. The Balaban J connectivity index is 1.64. The van der Waals surface area contributed by atoms with Gasteiger partial charge in [-0.05, 0) is 19.1 Å². The number of hydrogen-bond acceptors (Lipinski definition) is 7. The molecule has 2 heterocycles. The van der Waals surface area contributed by atoms with Gasteiger partial charge in [0.15, 0.2) is 10.8 Å². The maximum atomic E-state index is 12.3. The number of ether oxygens (including phenoxy) is 1. The first-order valence-corrected chi connectivity index (χ1v) is 8.99. The van der Waals surface area contributed by atoms with E-state index < -0.39 is 29.7 Å². The van der Waals surface area contributed by atoms with Gasteiger partial charge in [0, 0.05) is 5.38 Å². The van der Waals surface area contributed by atoms with Crippen molar-refractivity contribution in [3.63, 3.8) is 0 Å². The first kappa shape index (κ1) is 18.5. The van der Waals surface area contributed by atoms with Gasteiger partial charge in [0.05, 0.1) is 24.3 Å². The lowest BCUT2D eigenvalue weighted by Gasteiger charge is -2.13. The van der Waals surface area contributed by atoms with Gasteiger partial charge < -0.3 is 20.7 Å². The van der Waals surface area contributed by atoms with Crippen LogP contribution in [0.5, 0.6) is 0 Å². The Morgan fingerprint density at radius 3 is 2.85 bits per heavy atom. The van der Waals surface area contributed by atoms with Gasteiger partial charge in [-0.1, -0.05) is 12.1 Å². The van der Waals surface area contributed by atoms with E-state index in [0.29, 0.717) is 11.3 Å². The zero-order valence-electron chi connectivity index (χ0n) is 14.3. The molecule has 0 unspecified atom stereocenters. The molecule has 1 aliphatic heterocycles. The highest BCUT2D eigenvalue weighted by atomic mass is 32.1. The van der Waals surface area contributed by atoms with Crippen LogP contribution in [-0.4, -0.2) is 41.3 Å². The van der Waals surface area contributed by atoms with Gasteiger partial charge in [0.25, 0.3) is 5.91 Å². The van der Waals surface area contributed by atoms with Crippen molar-refractivity contribution in [1.82, 2.24) is 10.3 Å². The average Bonchev–Trinajstić information content (AvgIpc) is 3.05. The summed E-state index contributed by atoms with van der Waals surface area (Å²) in [5.74, 6) is -2.04. The van der Waals surface area contributed by atoms with Crippen LogP contribution in [0.1, 0.15) is 34.2 Å². The van der Waals surface area contributed by atoms with E-state index >= 15 is 0 Å². The van der Waals surface area contributed by atoms with Gasteiger partial charge in [-0.15, -0.1) is 11.3 Å². The molecule has 27 heavy (non-hydrogen) atoms. The highest BCUT2D eigenvalue weighted by Crippen LogP contribution is 2.20. The standard InChI is InChI=1S/C17H16N4O5S/c1-2-26-16(25)12-8-27-17(20-12)21-13(22)7-11-15(24)18-10-6-4-3-5-9(10)14(23)19-11/h3-6,8,11H,2,7H2,1H3,(H,18,24)(H,19,23)(H,20,21,22)/t11-/m0/s1. The molecule has 3 rings (SSSR count). The summed E-state index contributed by atoms with van der Waals surface area (Å²) in [5, 5.41) is 9.34. The van der Waals surface area contributed by atoms with E-state index in [4.69, 9.17) is 4.74 Å². The van der Waals surface area contributed by atoms with E-state index in [2.05, 4.69) is 20.9 Å². The van der Waals surface area contributed by atoms with Crippen molar-refractivity contribution in [2.45, 2.75) is 19.4 Å². The van der Waals surface area contributed by atoms with Gasteiger partial charge >= 0.3 is 5.97 Å². The van der Waals surface area contributed by atoms with E-state index in [-0.39, 0.29) is 23.9 Å². The Bertz CT molecular complexity index is 910. The molecular formula is C17H16N4O5S. The monoisotopic (exact) mass is 388 g/mol. The lowest BCUT2D eigenvalue weighted by atomic mass is 10.1. The SMILES string of the molecule is CCOC(=O)c1csc(NC(=O)C[C@@H]2NC(=O)c3ccccc3NC2=O)n1. The van der Waals surface area contributed by atoms with Crippen LogP contribution in [0.3, 0.4) is 0 Å². The molecule has 140 valence electrons. The lowest BCUT2D eigenvalue weighted by Crippen LogP contribution is -2.43. The second-order valence-corrected chi connectivity index (χ2v) is 6.43. The highest BCUT2D eigenvalue weighted by molar-refractivity contribution is 7.14.